The number of aromatic nitrogens is 2. The van der Waals surface area contributed by atoms with Crippen LogP contribution in [0.5, 0.6) is 0 Å². The van der Waals surface area contributed by atoms with Gasteiger partial charge in [-0.2, -0.15) is 0 Å². The van der Waals surface area contributed by atoms with Crippen molar-refractivity contribution in [2.45, 2.75) is 38.6 Å². The molecule has 0 unspecified atom stereocenters. The molecule has 1 saturated carbocycles. The summed E-state index contributed by atoms with van der Waals surface area (Å²) in [6.45, 7) is 2.14. The Morgan fingerprint density at radius 1 is 1.13 bits per heavy atom. The van der Waals surface area contributed by atoms with E-state index >= 15 is 0 Å². The summed E-state index contributed by atoms with van der Waals surface area (Å²) >= 11 is 7.85. The Hall–Kier alpha value is -1.65. The molecule has 0 bridgehead atoms. The zero-order valence-electron chi connectivity index (χ0n) is 13.0. The number of rotatable bonds is 3. The van der Waals surface area contributed by atoms with Crippen molar-refractivity contribution in [2.24, 2.45) is 0 Å². The van der Waals surface area contributed by atoms with E-state index in [0.29, 0.717) is 11.3 Å². The average molecular weight is 344 g/mol. The van der Waals surface area contributed by atoms with Crippen molar-refractivity contribution in [1.29, 1.82) is 0 Å². The number of thiophene rings is 1. The van der Waals surface area contributed by atoms with E-state index in [4.69, 9.17) is 11.6 Å². The molecule has 0 atom stereocenters. The lowest BCUT2D eigenvalue weighted by atomic mass is 10.0. The minimum absolute atomic E-state index is 0.318. The summed E-state index contributed by atoms with van der Waals surface area (Å²) in [6, 6.07) is 11.0. The Morgan fingerprint density at radius 3 is 2.61 bits per heavy atom. The highest BCUT2D eigenvalue weighted by molar-refractivity contribution is 7.19. The first-order chi connectivity index (χ1) is 11.2. The van der Waals surface area contributed by atoms with Crippen molar-refractivity contribution < 1.29 is 0 Å². The van der Waals surface area contributed by atoms with Gasteiger partial charge in [-0.3, -0.25) is 0 Å². The Balaban J connectivity index is 1.90. The van der Waals surface area contributed by atoms with E-state index in [1.54, 1.807) is 11.3 Å². The second-order valence-electron chi connectivity index (χ2n) is 6.05. The van der Waals surface area contributed by atoms with Crippen molar-refractivity contribution in [2.75, 3.05) is 5.32 Å². The lowest BCUT2D eigenvalue weighted by Crippen LogP contribution is -2.16. The van der Waals surface area contributed by atoms with Crippen LogP contribution in [-0.2, 0) is 0 Å². The van der Waals surface area contributed by atoms with Crippen LogP contribution in [-0.4, -0.2) is 16.0 Å². The third-order valence-electron chi connectivity index (χ3n) is 4.46. The first kappa shape index (κ1) is 14.9. The molecule has 1 aliphatic carbocycles. The van der Waals surface area contributed by atoms with E-state index in [-0.39, 0.29) is 0 Å². The summed E-state index contributed by atoms with van der Waals surface area (Å²) in [5, 5.41) is 5.04. The van der Waals surface area contributed by atoms with E-state index in [2.05, 4.69) is 46.5 Å². The molecular weight excluding hydrogens is 326 g/mol. The molecule has 1 aliphatic rings. The van der Waals surface area contributed by atoms with Gasteiger partial charge in [-0.1, -0.05) is 43.2 Å². The predicted molar refractivity (Wildman–Crippen MR) is 98.5 cm³/mol. The van der Waals surface area contributed by atoms with Crippen LogP contribution < -0.4 is 5.32 Å². The number of anilines is 1. The van der Waals surface area contributed by atoms with Gasteiger partial charge in [0.2, 0.25) is 5.28 Å². The summed E-state index contributed by atoms with van der Waals surface area (Å²) in [5.74, 6) is 0.884. The minimum atomic E-state index is 0.318. The number of hydrogen-bond donors (Lipinski definition) is 1. The topological polar surface area (TPSA) is 37.8 Å². The molecule has 2 heterocycles. The van der Waals surface area contributed by atoms with E-state index in [1.165, 1.54) is 41.7 Å². The number of halogens is 1. The van der Waals surface area contributed by atoms with Gasteiger partial charge < -0.3 is 5.32 Å². The number of nitrogens with zero attached hydrogens (tertiary/aromatic N) is 2. The normalized spacial score (nSPS) is 15.4. The molecule has 1 aromatic carbocycles. The number of benzene rings is 1. The van der Waals surface area contributed by atoms with Crippen molar-refractivity contribution in [3.63, 3.8) is 0 Å². The fraction of sp³-hybridized carbons (Fsp3) is 0.333. The van der Waals surface area contributed by atoms with Gasteiger partial charge in [0.1, 0.15) is 10.6 Å². The molecule has 2 aromatic heterocycles. The fourth-order valence-electron chi connectivity index (χ4n) is 3.41. The molecule has 3 aromatic rings. The molecule has 0 saturated heterocycles. The summed E-state index contributed by atoms with van der Waals surface area (Å²) in [4.78, 5) is 11.2. The Morgan fingerprint density at radius 2 is 1.87 bits per heavy atom. The first-order valence-corrected chi connectivity index (χ1v) is 9.20. The van der Waals surface area contributed by atoms with Gasteiger partial charge in [0.05, 0.1) is 5.39 Å². The summed E-state index contributed by atoms with van der Waals surface area (Å²) in [6.07, 6.45) is 4.97. The van der Waals surface area contributed by atoms with E-state index in [1.807, 2.05) is 6.07 Å². The number of nitrogens with one attached hydrogen (secondary N) is 1. The monoisotopic (exact) mass is 343 g/mol. The van der Waals surface area contributed by atoms with Crippen molar-refractivity contribution in [3.8, 4) is 11.1 Å². The van der Waals surface area contributed by atoms with Crippen LogP contribution in [0.1, 0.15) is 30.6 Å². The van der Waals surface area contributed by atoms with Gasteiger partial charge in [-0.15, -0.1) is 11.3 Å². The molecule has 118 valence electrons. The van der Waals surface area contributed by atoms with Crippen LogP contribution in [0.25, 0.3) is 21.3 Å². The number of aryl methyl sites for hydroxylation is 1. The molecule has 5 heteroatoms. The Labute approximate surface area is 144 Å². The van der Waals surface area contributed by atoms with E-state index < -0.39 is 0 Å². The molecule has 0 spiro atoms. The Bertz CT molecular complexity index is 838. The lowest BCUT2D eigenvalue weighted by molar-refractivity contribution is 0.751. The molecule has 23 heavy (non-hydrogen) atoms. The predicted octanol–water partition coefficient (Wildman–Crippen LogP) is 5.67. The van der Waals surface area contributed by atoms with Gasteiger partial charge in [-0.25, -0.2) is 9.97 Å². The molecule has 0 amide bonds. The zero-order chi connectivity index (χ0) is 15.8. The maximum absolute atomic E-state index is 6.16. The molecular formula is C18H18ClN3S. The quantitative estimate of drug-likeness (QED) is 0.622. The second-order valence-corrected chi connectivity index (χ2v) is 7.59. The average Bonchev–Trinajstić information content (AvgIpc) is 3.15. The molecule has 0 radical (unpaired) electrons. The molecule has 3 nitrogen and oxygen atoms in total. The summed E-state index contributed by atoms with van der Waals surface area (Å²) in [7, 11) is 0. The molecule has 1 N–H and O–H groups in total. The minimum Gasteiger partial charge on any atom is -0.367 e. The highest BCUT2D eigenvalue weighted by Gasteiger charge is 2.21. The van der Waals surface area contributed by atoms with E-state index in [0.717, 1.165) is 16.0 Å². The molecule has 1 fully saturated rings. The van der Waals surface area contributed by atoms with E-state index in [9.17, 15) is 0 Å². The van der Waals surface area contributed by atoms with Crippen LogP contribution in [0.2, 0.25) is 5.28 Å². The third kappa shape index (κ3) is 2.81. The lowest BCUT2D eigenvalue weighted by Gasteiger charge is -2.14. The highest BCUT2D eigenvalue weighted by Crippen LogP contribution is 2.41. The SMILES string of the molecule is Cc1sc2nc(Cl)nc(NC3CCCC3)c2c1-c1ccccc1. The van der Waals surface area contributed by atoms with Gasteiger partial charge in [0, 0.05) is 16.5 Å². The standard InChI is InChI=1S/C18H18ClN3S/c1-11-14(12-7-3-2-4-8-12)15-16(20-13-9-5-6-10-13)21-18(19)22-17(15)23-11/h2-4,7-8,13H,5-6,9-10H2,1H3,(H,20,21,22). The van der Waals surface area contributed by atoms with Gasteiger partial charge >= 0.3 is 0 Å². The third-order valence-corrected chi connectivity index (χ3v) is 5.63. The maximum atomic E-state index is 6.16. The van der Waals surface area contributed by atoms with Crippen LogP contribution in [0.3, 0.4) is 0 Å². The maximum Gasteiger partial charge on any atom is 0.225 e. The number of fused-ring (bicyclic) bond motifs is 1. The molecule has 0 aliphatic heterocycles. The second kappa shape index (κ2) is 6.10. The largest absolute Gasteiger partial charge is 0.367 e. The Kier molecular flexibility index (Phi) is 3.95. The van der Waals surface area contributed by atoms with Crippen molar-refractivity contribution >= 4 is 39.0 Å². The summed E-state index contributed by atoms with van der Waals surface area (Å²) < 4.78 is 0. The van der Waals surface area contributed by atoms with Crippen LogP contribution >= 0.6 is 22.9 Å². The zero-order valence-corrected chi connectivity index (χ0v) is 14.5. The smallest absolute Gasteiger partial charge is 0.225 e. The molecule has 4 rings (SSSR count). The van der Waals surface area contributed by atoms with Crippen LogP contribution in [0.15, 0.2) is 30.3 Å². The van der Waals surface area contributed by atoms with Crippen molar-refractivity contribution in [1.82, 2.24) is 9.97 Å². The summed E-state index contributed by atoms with van der Waals surface area (Å²) in [5.41, 5.74) is 2.43. The number of hydrogen-bond acceptors (Lipinski definition) is 4. The van der Waals surface area contributed by atoms with Crippen molar-refractivity contribution in [3.05, 3.63) is 40.5 Å². The highest BCUT2D eigenvalue weighted by atomic mass is 35.5. The van der Waals surface area contributed by atoms with Gasteiger partial charge in [0.15, 0.2) is 0 Å². The van der Waals surface area contributed by atoms with Crippen LogP contribution in [0, 0.1) is 6.92 Å². The van der Waals surface area contributed by atoms with Crippen LogP contribution in [0.4, 0.5) is 5.82 Å². The van der Waals surface area contributed by atoms with Gasteiger partial charge in [-0.05, 0) is 36.9 Å². The van der Waals surface area contributed by atoms with Gasteiger partial charge in [0.25, 0.3) is 0 Å². The first-order valence-electron chi connectivity index (χ1n) is 8.01. The fourth-order valence-corrected chi connectivity index (χ4v) is 4.67.